The molecule has 0 bridgehead atoms. The minimum atomic E-state index is 0.0865. The van der Waals surface area contributed by atoms with Gasteiger partial charge in [-0.2, -0.15) is 0 Å². The summed E-state index contributed by atoms with van der Waals surface area (Å²) < 4.78 is 0. The van der Waals surface area contributed by atoms with Crippen LogP contribution in [0.1, 0.15) is 32.4 Å². The number of nitrogens with one attached hydrogen (secondary N) is 1. The Labute approximate surface area is 95.7 Å². The smallest absolute Gasteiger partial charge is 0.247 e. The summed E-state index contributed by atoms with van der Waals surface area (Å²) in [5.74, 6) is 1.23. The number of amides is 1. The van der Waals surface area contributed by atoms with E-state index in [1.54, 1.807) is 4.90 Å². The molecule has 0 saturated carbocycles. The average Bonchev–Trinajstić information content (AvgIpc) is 2.28. The van der Waals surface area contributed by atoms with Gasteiger partial charge in [-0.3, -0.25) is 9.69 Å². The lowest BCUT2D eigenvalue weighted by molar-refractivity contribution is -0.117. The fourth-order valence-corrected chi connectivity index (χ4v) is 1.84. The minimum Gasteiger partial charge on any atom is -0.373 e. The molecule has 16 heavy (non-hydrogen) atoms. The molecule has 1 amide bonds. The van der Waals surface area contributed by atoms with Crippen LogP contribution in [-0.2, 0) is 4.79 Å². The molecule has 1 aromatic rings. The third-order valence-corrected chi connectivity index (χ3v) is 2.79. The lowest BCUT2D eigenvalue weighted by atomic mass is 10.1. The lowest BCUT2D eigenvalue weighted by Crippen LogP contribution is -2.40. The molecule has 4 nitrogen and oxygen atoms in total. The van der Waals surface area contributed by atoms with Crippen molar-refractivity contribution in [3.8, 4) is 0 Å². The van der Waals surface area contributed by atoms with E-state index in [0.29, 0.717) is 19.0 Å². The van der Waals surface area contributed by atoms with Crippen LogP contribution >= 0.6 is 0 Å². The van der Waals surface area contributed by atoms with E-state index in [-0.39, 0.29) is 5.91 Å². The number of anilines is 2. The summed E-state index contributed by atoms with van der Waals surface area (Å²) in [4.78, 5) is 18.0. The van der Waals surface area contributed by atoms with Gasteiger partial charge in [-0.15, -0.1) is 0 Å². The Balaban J connectivity index is 2.45. The van der Waals surface area contributed by atoms with Gasteiger partial charge >= 0.3 is 0 Å². The number of rotatable bonds is 2. The molecular formula is C12H17N3O. The van der Waals surface area contributed by atoms with Gasteiger partial charge in [0.2, 0.25) is 5.91 Å². The minimum absolute atomic E-state index is 0.0865. The Hall–Kier alpha value is -1.58. The molecule has 1 aliphatic heterocycles. The molecule has 2 rings (SSSR count). The Morgan fingerprint density at radius 3 is 2.88 bits per heavy atom. The number of nitrogens with zero attached hydrogens (tertiary/aromatic N) is 2. The zero-order valence-electron chi connectivity index (χ0n) is 9.95. The number of hydrogen-bond acceptors (Lipinski definition) is 3. The topological polar surface area (TPSA) is 45.2 Å². The summed E-state index contributed by atoms with van der Waals surface area (Å²) in [5, 5.41) is 3.09. The Bertz CT molecular complexity index is 415. The highest BCUT2D eigenvalue weighted by Crippen LogP contribution is 2.28. The molecule has 86 valence electrons. The molecular weight excluding hydrogens is 202 g/mol. The number of fused-ring (bicyclic) bond motifs is 1. The van der Waals surface area contributed by atoms with Gasteiger partial charge in [0.25, 0.3) is 0 Å². The summed E-state index contributed by atoms with van der Waals surface area (Å²) in [6, 6.07) is 4.02. The highest BCUT2D eigenvalue weighted by molar-refractivity contribution is 6.01. The van der Waals surface area contributed by atoms with Crippen molar-refractivity contribution in [3.63, 3.8) is 0 Å². The molecule has 1 aliphatic rings. The summed E-state index contributed by atoms with van der Waals surface area (Å²) in [6.07, 6.45) is 0. The summed E-state index contributed by atoms with van der Waals surface area (Å²) in [5.41, 5.74) is 1.97. The number of carbonyl (C=O) groups is 1. The number of likely N-dealkylation sites (N-methyl/N-ethyl adjacent to an activating group) is 1. The summed E-state index contributed by atoms with van der Waals surface area (Å²) >= 11 is 0. The Kier molecular flexibility index (Phi) is 2.81. The molecule has 0 atom stereocenters. The maximum Gasteiger partial charge on any atom is 0.247 e. The van der Waals surface area contributed by atoms with Crippen LogP contribution in [-0.4, -0.2) is 24.0 Å². The predicted octanol–water partition coefficient (Wildman–Crippen LogP) is 1.98. The molecule has 0 fully saturated rings. The fourth-order valence-electron chi connectivity index (χ4n) is 1.84. The van der Waals surface area contributed by atoms with E-state index in [9.17, 15) is 4.79 Å². The Morgan fingerprint density at radius 2 is 2.25 bits per heavy atom. The van der Waals surface area contributed by atoms with Gasteiger partial charge in [-0.25, -0.2) is 4.98 Å². The van der Waals surface area contributed by atoms with E-state index < -0.39 is 0 Å². The monoisotopic (exact) mass is 219 g/mol. The van der Waals surface area contributed by atoms with Crippen LogP contribution in [0.4, 0.5) is 11.5 Å². The molecule has 4 heteroatoms. The molecule has 0 aromatic carbocycles. The second-order valence-electron chi connectivity index (χ2n) is 4.25. The fraction of sp³-hybridized carbons (Fsp3) is 0.500. The van der Waals surface area contributed by atoms with Gasteiger partial charge in [0.15, 0.2) is 5.82 Å². The third kappa shape index (κ3) is 1.75. The van der Waals surface area contributed by atoms with Crippen LogP contribution in [0.2, 0.25) is 0 Å². The second kappa shape index (κ2) is 4.12. The lowest BCUT2D eigenvalue weighted by Gasteiger charge is -2.28. The first kappa shape index (κ1) is 10.9. The van der Waals surface area contributed by atoms with Crippen molar-refractivity contribution in [1.29, 1.82) is 0 Å². The predicted molar refractivity (Wildman–Crippen MR) is 64.8 cm³/mol. The van der Waals surface area contributed by atoms with E-state index in [0.717, 1.165) is 17.2 Å². The average molecular weight is 219 g/mol. The van der Waals surface area contributed by atoms with E-state index in [2.05, 4.69) is 24.1 Å². The van der Waals surface area contributed by atoms with Gasteiger partial charge in [0.1, 0.15) is 0 Å². The number of pyridine rings is 1. The van der Waals surface area contributed by atoms with Crippen molar-refractivity contribution >= 4 is 17.4 Å². The molecule has 0 spiro atoms. The van der Waals surface area contributed by atoms with E-state index in [1.165, 1.54) is 0 Å². The van der Waals surface area contributed by atoms with Crippen LogP contribution in [0.15, 0.2) is 12.1 Å². The molecule has 1 N–H and O–H groups in total. The van der Waals surface area contributed by atoms with Crippen LogP contribution in [0.3, 0.4) is 0 Å². The highest BCUT2D eigenvalue weighted by Gasteiger charge is 2.24. The van der Waals surface area contributed by atoms with E-state index >= 15 is 0 Å². The van der Waals surface area contributed by atoms with Crippen molar-refractivity contribution in [2.45, 2.75) is 26.7 Å². The zero-order valence-corrected chi connectivity index (χ0v) is 9.95. The van der Waals surface area contributed by atoms with Crippen LogP contribution in [0.25, 0.3) is 0 Å². The Morgan fingerprint density at radius 1 is 1.50 bits per heavy atom. The SMILES string of the molecule is CCN1C(=O)CNc2ccc(C(C)C)nc21. The molecule has 0 saturated heterocycles. The van der Waals surface area contributed by atoms with Crippen molar-refractivity contribution in [2.75, 3.05) is 23.3 Å². The van der Waals surface area contributed by atoms with Crippen LogP contribution in [0, 0.1) is 0 Å². The second-order valence-corrected chi connectivity index (χ2v) is 4.25. The number of hydrogen-bond donors (Lipinski definition) is 1. The summed E-state index contributed by atoms with van der Waals surface area (Å²) in [7, 11) is 0. The molecule has 0 radical (unpaired) electrons. The molecule has 0 unspecified atom stereocenters. The number of aromatic nitrogens is 1. The van der Waals surface area contributed by atoms with Crippen molar-refractivity contribution in [1.82, 2.24) is 4.98 Å². The quantitative estimate of drug-likeness (QED) is 0.827. The van der Waals surface area contributed by atoms with Gasteiger partial charge < -0.3 is 5.32 Å². The van der Waals surface area contributed by atoms with Crippen molar-refractivity contribution in [3.05, 3.63) is 17.8 Å². The molecule has 1 aromatic heterocycles. The zero-order chi connectivity index (χ0) is 11.7. The summed E-state index contributed by atoms with van der Waals surface area (Å²) in [6.45, 7) is 7.20. The molecule has 0 aliphatic carbocycles. The van der Waals surface area contributed by atoms with Gasteiger partial charge in [-0.1, -0.05) is 13.8 Å². The van der Waals surface area contributed by atoms with Crippen molar-refractivity contribution < 1.29 is 4.79 Å². The largest absolute Gasteiger partial charge is 0.373 e. The first-order valence-electron chi connectivity index (χ1n) is 5.68. The normalized spacial score (nSPS) is 15.0. The van der Waals surface area contributed by atoms with Crippen LogP contribution in [0.5, 0.6) is 0 Å². The maximum absolute atomic E-state index is 11.7. The van der Waals surface area contributed by atoms with Gasteiger partial charge in [-0.05, 0) is 25.0 Å². The molecule has 2 heterocycles. The van der Waals surface area contributed by atoms with E-state index in [4.69, 9.17) is 0 Å². The van der Waals surface area contributed by atoms with E-state index in [1.807, 2.05) is 19.1 Å². The highest BCUT2D eigenvalue weighted by atomic mass is 16.2. The first-order valence-corrected chi connectivity index (χ1v) is 5.68. The van der Waals surface area contributed by atoms with Crippen molar-refractivity contribution in [2.24, 2.45) is 0 Å². The maximum atomic E-state index is 11.7. The third-order valence-electron chi connectivity index (χ3n) is 2.79. The number of carbonyl (C=O) groups excluding carboxylic acids is 1. The van der Waals surface area contributed by atoms with Crippen LogP contribution < -0.4 is 10.2 Å². The van der Waals surface area contributed by atoms with Gasteiger partial charge in [0, 0.05) is 12.2 Å². The standard InChI is InChI=1S/C12H17N3O/c1-4-15-11(16)7-13-10-6-5-9(8(2)3)14-12(10)15/h5-6,8,13H,4,7H2,1-3H3. The first-order chi connectivity index (χ1) is 7.63. The van der Waals surface area contributed by atoms with Gasteiger partial charge in [0.05, 0.1) is 12.2 Å².